The molecule has 1 aromatic heterocycles. The fraction of sp³-hybridized carbons (Fsp3) is 0.410. The van der Waals surface area contributed by atoms with Crippen molar-refractivity contribution in [3.63, 3.8) is 0 Å². The SMILES string of the molecule is CC(C)CN(CCC[C@H](NC(=O)c1ccc(CNCc2ccccn2)cc1)C(=O)N[C@@H](C)c1cccc2ccccc12)CC(C)C. The van der Waals surface area contributed by atoms with Crippen LogP contribution in [0.1, 0.15) is 80.7 Å². The second-order valence-corrected chi connectivity index (χ2v) is 13.1. The van der Waals surface area contributed by atoms with Gasteiger partial charge in [0, 0.05) is 37.9 Å². The molecule has 4 rings (SSSR count). The maximum atomic E-state index is 13.8. The second kappa shape index (κ2) is 17.6. The summed E-state index contributed by atoms with van der Waals surface area (Å²) in [6.45, 7) is 15.2. The summed E-state index contributed by atoms with van der Waals surface area (Å²) in [7, 11) is 0. The molecule has 0 aliphatic heterocycles. The monoisotopic (exact) mass is 621 g/mol. The second-order valence-electron chi connectivity index (χ2n) is 13.1. The maximum Gasteiger partial charge on any atom is 0.251 e. The summed E-state index contributed by atoms with van der Waals surface area (Å²) >= 11 is 0. The number of hydrogen-bond acceptors (Lipinski definition) is 5. The van der Waals surface area contributed by atoms with Crippen molar-refractivity contribution in [1.82, 2.24) is 25.8 Å². The van der Waals surface area contributed by atoms with Crippen molar-refractivity contribution < 1.29 is 9.59 Å². The van der Waals surface area contributed by atoms with Gasteiger partial charge in [0.25, 0.3) is 5.91 Å². The minimum Gasteiger partial charge on any atom is -0.348 e. The van der Waals surface area contributed by atoms with Gasteiger partial charge in [-0.25, -0.2) is 0 Å². The van der Waals surface area contributed by atoms with E-state index in [2.05, 4.69) is 77.8 Å². The lowest BCUT2D eigenvalue weighted by Crippen LogP contribution is -2.47. The molecule has 0 bridgehead atoms. The van der Waals surface area contributed by atoms with E-state index >= 15 is 0 Å². The summed E-state index contributed by atoms with van der Waals surface area (Å²) in [5, 5.41) is 11.9. The van der Waals surface area contributed by atoms with Crippen LogP contribution < -0.4 is 16.0 Å². The highest BCUT2D eigenvalue weighted by atomic mass is 16.2. The van der Waals surface area contributed by atoms with Crippen molar-refractivity contribution in [2.45, 2.75) is 72.6 Å². The largest absolute Gasteiger partial charge is 0.348 e. The first-order valence-electron chi connectivity index (χ1n) is 16.7. The first-order chi connectivity index (χ1) is 22.2. The Labute approximate surface area is 275 Å². The van der Waals surface area contributed by atoms with Crippen LogP contribution >= 0.6 is 0 Å². The lowest BCUT2D eigenvalue weighted by molar-refractivity contribution is -0.123. The van der Waals surface area contributed by atoms with E-state index in [0.29, 0.717) is 36.9 Å². The Morgan fingerprint density at radius 3 is 2.15 bits per heavy atom. The van der Waals surface area contributed by atoms with Crippen LogP contribution in [0.2, 0.25) is 0 Å². The van der Waals surface area contributed by atoms with Gasteiger partial charge in [-0.3, -0.25) is 14.6 Å². The van der Waals surface area contributed by atoms with Crippen LogP contribution in [0.3, 0.4) is 0 Å². The van der Waals surface area contributed by atoms with E-state index in [-0.39, 0.29) is 17.9 Å². The number of amides is 2. The van der Waals surface area contributed by atoms with Gasteiger partial charge in [-0.1, -0.05) is 88.4 Å². The number of nitrogens with one attached hydrogen (secondary N) is 3. The molecular formula is C39H51N5O2. The molecule has 4 aromatic rings. The lowest BCUT2D eigenvalue weighted by Gasteiger charge is -2.27. The van der Waals surface area contributed by atoms with Crippen molar-refractivity contribution in [3.8, 4) is 0 Å². The highest BCUT2D eigenvalue weighted by Gasteiger charge is 2.24. The van der Waals surface area contributed by atoms with E-state index in [1.54, 1.807) is 6.20 Å². The molecule has 3 N–H and O–H groups in total. The molecule has 0 spiro atoms. The van der Waals surface area contributed by atoms with Crippen LogP contribution in [0.4, 0.5) is 0 Å². The molecule has 0 fully saturated rings. The number of fused-ring (bicyclic) bond motifs is 1. The first kappa shape index (κ1) is 34.8. The zero-order chi connectivity index (χ0) is 32.9. The van der Waals surface area contributed by atoms with Gasteiger partial charge in [0.1, 0.15) is 6.04 Å². The Morgan fingerprint density at radius 1 is 0.761 bits per heavy atom. The molecule has 0 radical (unpaired) electrons. The number of benzene rings is 3. The van der Waals surface area contributed by atoms with Crippen LogP contribution in [-0.2, 0) is 17.9 Å². The number of hydrogen-bond donors (Lipinski definition) is 3. The fourth-order valence-corrected chi connectivity index (χ4v) is 5.95. The van der Waals surface area contributed by atoms with E-state index in [1.807, 2.05) is 67.6 Å². The number of carbonyl (C=O) groups excluding carboxylic acids is 2. The van der Waals surface area contributed by atoms with E-state index < -0.39 is 6.04 Å². The quantitative estimate of drug-likeness (QED) is 0.120. The van der Waals surface area contributed by atoms with Gasteiger partial charge in [-0.05, 0) is 84.3 Å². The number of aromatic nitrogens is 1. The molecule has 0 aliphatic rings. The lowest BCUT2D eigenvalue weighted by atomic mass is 9.99. The molecule has 2 amide bonds. The first-order valence-corrected chi connectivity index (χ1v) is 16.7. The van der Waals surface area contributed by atoms with Crippen molar-refractivity contribution in [2.24, 2.45) is 11.8 Å². The summed E-state index contributed by atoms with van der Waals surface area (Å²) in [5.74, 6) is 0.718. The molecule has 2 atom stereocenters. The van der Waals surface area contributed by atoms with E-state index in [1.165, 1.54) is 0 Å². The fourth-order valence-electron chi connectivity index (χ4n) is 5.95. The van der Waals surface area contributed by atoms with Gasteiger partial charge in [-0.2, -0.15) is 0 Å². The van der Waals surface area contributed by atoms with Crippen LogP contribution in [-0.4, -0.2) is 47.4 Å². The normalized spacial score (nSPS) is 12.9. The third kappa shape index (κ3) is 10.8. The number of carbonyl (C=O) groups is 2. The molecule has 0 unspecified atom stereocenters. The van der Waals surface area contributed by atoms with Crippen LogP contribution in [0.25, 0.3) is 10.8 Å². The number of nitrogens with zero attached hydrogens (tertiary/aromatic N) is 2. The summed E-state index contributed by atoms with van der Waals surface area (Å²) < 4.78 is 0. The van der Waals surface area contributed by atoms with Gasteiger partial charge < -0.3 is 20.9 Å². The Bertz CT molecular complexity index is 1510. The Hall–Kier alpha value is -4.07. The zero-order valence-corrected chi connectivity index (χ0v) is 28.1. The molecule has 244 valence electrons. The average molecular weight is 622 g/mol. The molecule has 0 saturated carbocycles. The molecule has 7 heteroatoms. The molecule has 3 aromatic carbocycles. The summed E-state index contributed by atoms with van der Waals surface area (Å²) in [6.07, 6.45) is 3.15. The van der Waals surface area contributed by atoms with Gasteiger partial charge >= 0.3 is 0 Å². The highest BCUT2D eigenvalue weighted by Crippen LogP contribution is 2.24. The van der Waals surface area contributed by atoms with Crippen molar-refractivity contribution in [3.05, 3.63) is 114 Å². The van der Waals surface area contributed by atoms with Gasteiger partial charge in [0.2, 0.25) is 5.91 Å². The molecule has 0 saturated heterocycles. The molecule has 0 aliphatic carbocycles. The van der Waals surface area contributed by atoms with Crippen molar-refractivity contribution in [1.29, 1.82) is 0 Å². The third-order valence-electron chi connectivity index (χ3n) is 8.06. The summed E-state index contributed by atoms with van der Waals surface area (Å²) in [4.78, 5) is 34.1. The minimum atomic E-state index is -0.649. The predicted molar refractivity (Wildman–Crippen MR) is 188 cm³/mol. The third-order valence-corrected chi connectivity index (χ3v) is 8.06. The van der Waals surface area contributed by atoms with Crippen LogP contribution in [0, 0.1) is 11.8 Å². The van der Waals surface area contributed by atoms with Crippen molar-refractivity contribution in [2.75, 3.05) is 19.6 Å². The molecular weight excluding hydrogens is 570 g/mol. The van der Waals surface area contributed by atoms with Gasteiger partial charge in [-0.15, -0.1) is 0 Å². The maximum absolute atomic E-state index is 13.8. The molecule has 46 heavy (non-hydrogen) atoms. The van der Waals surface area contributed by atoms with Crippen LogP contribution in [0.15, 0.2) is 91.1 Å². The van der Waals surface area contributed by atoms with Gasteiger partial charge in [0.05, 0.1) is 11.7 Å². The molecule has 7 nitrogen and oxygen atoms in total. The van der Waals surface area contributed by atoms with E-state index in [0.717, 1.165) is 53.6 Å². The Balaban J connectivity index is 1.42. The van der Waals surface area contributed by atoms with E-state index in [4.69, 9.17) is 0 Å². The zero-order valence-electron chi connectivity index (χ0n) is 28.1. The summed E-state index contributed by atoms with van der Waals surface area (Å²) in [6, 6.07) is 26.9. The van der Waals surface area contributed by atoms with Crippen molar-refractivity contribution >= 4 is 22.6 Å². The highest BCUT2D eigenvalue weighted by molar-refractivity contribution is 5.97. The van der Waals surface area contributed by atoms with Gasteiger partial charge in [0.15, 0.2) is 0 Å². The average Bonchev–Trinajstić information content (AvgIpc) is 3.04. The topological polar surface area (TPSA) is 86.4 Å². The standard InChI is InChI=1S/C39H51N5O2/c1-28(2)26-44(27-29(3)4)23-11-17-37(39(46)42-30(5)35-16-10-13-32-12-6-7-15-36(32)35)43-38(45)33-20-18-31(19-21-33)24-40-25-34-14-8-9-22-41-34/h6-10,12-16,18-22,28-30,37,40H,11,17,23-27H2,1-5H3,(H,42,46)(H,43,45)/t30-,37-/m0/s1. The minimum absolute atomic E-state index is 0.164. The number of pyridine rings is 1. The van der Waals surface area contributed by atoms with E-state index in [9.17, 15) is 9.59 Å². The smallest absolute Gasteiger partial charge is 0.251 e. The summed E-state index contributed by atoms with van der Waals surface area (Å²) in [5.41, 5.74) is 3.65. The van der Waals surface area contributed by atoms with Crippen LogP contribution in [0.5, 0.6) is 0 Å². The Morgan fingerprint density at radius 2 is 1.46 bits per heavy atom. The molecule has 1 heterocycles. The predicted octanol–water partition coefficient (Wildman–Crippen LogP) is 6.89. The number of rotatable bonds is 17. The Kier molecular flexibility index (Phi) is 13.3.